The van der Waals surface area contributed by atoms with Crippen LogP contribution in [0, 0.1) is 5.92 Å². The largest absolute Gasteiger partial charge is 0.396 e. The molecule has 1 atom stereocenters. The van der Waals surface area contributed by atoms with Gasteiger partial charge in [0.15, 0.2) is 0 Å². The van der Waals surface area contributed by atoms with Crippen LogP contribution in [0.2, 0.25) is 0 Å². The van der Waals surface area contributed by atoms with Crippen LogP contribution in [0.3, 0.4) is 0 Å². The third-order valence-corrected chi connectivity index (χ3v) is 1.66. The summed E-state index contributed by atoms with van der Waals surface area (Å²) in [5.41, 5.74) is 0. The number of alkyl halides is 2. The molecule has 0 aromatic rings. The van der Waals surface area contributed by atoms with Gasteiger partial charge in [0.05, 0.1) is 6.54 Å². The molecule has 5 heteroatoms. The number of rotatable bonds is 1. The second-order valence-corrected chi connectivity index (χ2v) is 2.74. The molecule has 0 aromatic heterocycles. The van der Waals surface area contributed by atoms with Crippen molar-refractivity contribution in [2.75, 3.05) is 19.7 Å². The van der Waals surface area contributed by atoms with Gasteiger partial charge in [-0.2, -0.15) is 0 Å². The topological polar surface area (TPSA) is 32.3 Å². The van der Waals surface area contributed by atoms with Crippen molar-refractivity contribution >= 4 is 12.4 Å². The van der Waals surface area contributed by atoms with Crippen LogP contribution < -0.4 is 5.32 Å². The first-order valence-electron chi connectivity index (χ1n) is 3.33. The normalized spacial score (nSPS) is 29.2. The highest BCUT2D eigenvalue weighted by Crippen LogP contribution is 2.25. The van der Waals surface area contributed by atoms with E-state index in [9.17, 15) is 8.78 Å². The molecule has 0 spiro atoms. The van der Waals surface area contributed by atoms with Crippen molar-refractivity contribution in [3.8, 4) is 0 Å². The highest BCUT2D eigenvalue weighted by molar-refractivity contribution is 5.85. The van der Waals surface area contributed by atoms with Gasteiger partial charge in [-0.15, -0.1) is 12.4 Å². The van der Waals surface area contributed by atoms with E-state index >= 15 is 0 Å². The van der Waals surface area contributed by atoms with Crippen LogP contribution in [0.25, 0.3) is 0 Å². The average molecular weight is 188 g/mol. The molecule has 1 fully saturated rings. The van der Waals surface area contributed by atoms with Gasteiger partial charge in [0.25, 0.3) is 5.92 Å². The summed E-state index contributed by atoms with van der Waals surface area (Å²) in [6, 6.07) is 0. The lowest BCUT2D eigenvalue weighted by Crippen LogP contribution is -2.44. The molecule has 1 heterocycles. The zero-order chi connectivity index (χ0) is 7.61. The molecule has 0 aliphatic carbocycles. The van der Waals surface area contributed by atoms with Gasteiger partial charge < -0.3 is 10.4 Å². The Kier molecular flexibility index (Phi) is 4.21. The summed E-state index contributed by atoms with van der Waals surface area (Å²) in [6.07, 6.45) is -0.184. The monoisotopic (exact) mass is 187 g/mol. The van der Waals surface area contributed by atoms with Crippen molar-refractivity contribution in [2.24, 2.45) is 5.92 Å². The molecule has 0 saturated carbocycles. The molecule has 1 aliphatic rings. The molecule has 1 saturated heterocycles. The number of hydrogen-bond donors (Lipinski definition) is 2. The molecule has 1 aliphatic heterocycles. The number of aliphatic hydroxyl groups is 1. The summed E-state index contributed by atoms with van der Waals surface area (Å²) in [5.74, 6) is -2.89. The highest BCUT2D eigenvalue weighted by Gasteiger charge is 2.35. The molecule has 1 rings (SSSR count). The van der Waals surface area contributed by atoms with Gasteiger partial charge in [-0.1, -0.05) is 0 Å². The third kappa shape index (κ3) is 3.31. The van der Waals surface area contributed by atoms with E-state index in [2.05, 4.69) is 5.32 Å². The summed E-state index contributed by atoms with van der Waals surface area (Å²) in [7, 11) is 0. The lowest BCUT2D eigenvalue weighted by Gasteiger charge is -2.28. The van der Waals surface area contributed by atoms with E-state index in [0.29, 0.717) is 6.54 Å². The first-order valence-corrected chi connectivity index (χ1v) is 3.33. The molecule has 0 radical (unpaired) electrons. The van der Waals surface area contributed by atoms with Crippen LogP contribution in [0.1, 0.15) is 6.42 Å². The molecule has 0 bridgehead atoms. The zero-order valence-corrected chi connectivity index (χ0v) is 6.83. The molecule has 2 nitrogen and oxygen atoms in total. The molecule has 0 amide bonds. The quantitative estimate of drug-likeness (QED) is 0.632. The number of piperidine rings is 1. The fraction of sp³-hybridized carbons (Fsp3) is 1.00. The van der Waals surface area contributed by atoms with Gasteiger partial charge in [0.2, 0.25) is 0 Å². The first kappa shape index (κ1) is 11.1. The Hall–Kier alpha value is 0.0700. The Balaban J connectivity index is 0.000001000. The first-order chi connectivity index (χ1) is 4.64. The van der Waals surface area contributed by atoms with Crippen LogP contribution in [-0.2, 0) is 0 Å². The van der Waals surface area contributed by atoms with Crippen LogP contribution in [0.5, 0.6) is 0 Å². The van der Waals surface area contributed by atoms with E-state index < -0.39 is 5.92 Å². The molecule has 68 valence electrons. The molecule has 2 N–H and O–H groups in total. The minimum atomic E-state index is -2.62. The Morgan fingerprint density at radius 1 is 1.55 bits per heavy atom. The fourth-order valence-electron chi connectivity index (χ4n) is 1.15. The molecule has 0 aromatic carbocycles. The van der Waals surface area contributed by atoms with E-state index in [1.54, 1.807) is 0 Å². The predicted molar refractivity (Wildman–Crippen MR) is 40.3 cm³/mol. The number of nitrogens with one attached hydrogen (secondary N) is 1. The van der Waals surface area contributed by atoms with E-state index in [0.717, 1.165) is 0 Å². The van der Waals surface area contributed by atoms with Crippen LogP contribution in [0.4, 0.5) is 8.78 Å². The summed E-state index contributed by atoms with van der Waals surface area (Å²) in [6.45, 7) is 0.109. The van der Waals surface area contributed by atoms with Gasteiger partial charge in [-0.3, -0.25) is 0 Å². The van der Waals surface area contributed by atoms with Crippen molar-refractivity contribution in [1.29, 1.82) is 0 Å². The number of aliphatic hydroxyl groups excluding tert-OH is 1. The molecule has 0 unspecified atom stereocenters. The van der Waals surface area contributed by atoms with Crippen LogP contribution in [0.15, 0.2) is 0 Å². The van der Waals surface area contributed by atoms with E-state index in [1.165, 1.54) is 0 Å². The highest BCUT2D eigenvalue weighted by atomic mass is 35.5. The Morgan fingerprint density at radius 3 is 2.55 bits per heavy atom. The maximum absolute atomic E-state index is 12.5. The Bertz CT molecular complexity index is 123. The Labute approximate surface area is 70.4 Å². The fourth-order valence-corrected chi connectivity index (χ4v) is 1.15. The second kappa shape index (κ2) is 4.18. The van der Waals surface area contributed by atoms with Gasteiger partial charge in [0.1, 0.15) is 0 Å². The van der Waals surface area contributed by atoms with E-state index in [1.807, 2.05) is 0 Å². The van der Waals surface area contributed by atoms with E-state index in [4.69, 9.17) is 5.11 Å². The number of halogens is 3. The molecular weight excluding hydrogens is 176 g/mol. The van der Waals surface area contributed by atoms with E-state index in [-0.39, 0.29) is 37.9 Å². The standard InChI is InChI=1S/C6H11F2NO.ClH/c7-6(8)1-5(3-10)2-9-4-6;/h5,9-10H,1-4H2;1H/t5-;/m0./s1. The average Bonchev–Trinajstić information content (AvgIpc) is 1.86. The Morgan fingerprint density at radius 2 is 2.18 bits per heavy atom. The maximum atomic E-state index is 12.5. The van der Waals surface area contributed by atoms with Gasteiger partial charge in [0, 0.05) is 25.5 Å². The van der Waals surface area contributed by atoms with Gasteiger partial charge >= 0.3 is 0 Å². The lowest BCUT2D eigenvalue weighted by atomic mass is 9.98. The zero-order valence-electron chi connectivity index (χ0n) is 6.02. The van der Waals surface area contributed by atoms with Gasteiger partial charge in [-0.25, -0.2) is 8.78 Å². The summed E-state index contributed by atoms with van der Waals surface area (Å²) >= 11 is 0. The minimum Gasteiger partial charge on any atom is -0.396 e. The van der Waals surface area contributed by atoms with Crippen molar-refractivity contribution in [3.05, 3.63) is 0 Å². The summed E-state index contributed by atoms with van der Waals surface area (Å²) in [4.78, 5) is 0. The summed E-state index contributed by atoms with van der Waals surface area (Å²) in [5, 5.41) is 11.1. The van der Waals surface area contributed by atoms with Crippen LogP contribution in [-0.4, -0.2) is 30.7 Å². The third-order valence-electron chi connectivity index (χ3n) is 1.66. The molecule has 11 heavy (non-hydrogen) atoms. The molecular formula is C6H12ClF2NO. The maximum Gasteiger partial charge on any atom is 0.260 e. The predicted octanol–water partition coefficient (Wildman–Crippen LogP) is 0.645. The summed E-state index contributed by atoms with van der Waals surface area (Å²) < 4.78 is 24.9. The van der Waals surface area contributed by atoms with Crippen LogP contribution >= 0.6 is 12.4 Å². The number of hydrogen-bond acceptors (Lipinski definition) is 2. The second-order valence-electron chi connectivity index (χ2n) is 2.74. The lowest BCUT2D eigenvalue weighted by molar-refractivity contribution is -0.0473. The van der Waals surface area contributed by atoms with Crippen molar-refractivity contribution < 1.29 is 13.9 Å². The SMILES string of the molecule is Cl.OC[C@@H]1CNCC(F)(F)C1. The smallest absolute Gasteiger partial charge is 0.260 e. The van der Waals surface area contributed by atoms with Gasteiger partial charge in [-0.05, 0) is 0 Å². The van der Waals surface area contributed by atoms with Crippen molar-refractivity contribution in [2.45, 2.75) is 12.3 Å². The van der Waals surface area contributed by atoms with Crippen molar-refractivity contribution in [1.82, 2.24) is 5.32 Å². The van der Waals surface area contributed by atoms with Crippen molar-refractivity contribution in [3.63, 3.8) is 0 Å². The minimum absolute atomic E-state index is 0.